The van der Waals surface area contributed by atoms with E-state index in [4.69, 9.17) is 0 Å². The summed E-state index contributed by atoms with van der Waals surface area (Å²) in [4.78, 5) is 22.3. The predicted octanol–water partition coefficient (Wildman–Crippen LogP) is 3.83. The van der Waals surface area contributed by atoms with Gasteiger partial charge in [-0.3, -0.25) is 14.9 Å². The zero-order valence-corrected chi connectivity index (χ0v) is 12.4. The molecule has 1 aromatic heterocycles. The van der Waals surface area contributed by atoms with Gasteiger partial charge in [-0.1, -0.05) is 30.3 Å². The minimum atomic E-state index is -0.478. The van der Waals surface area contributed by atoms with Gasteiger partial charge in [-0.15, -0.1) is 0 Å². The molecule has 1 amide bonds. The van der Waals surface area contributed by atoms with Crippen LogP contribution in [0.15, 0.2) is 42.5 Å². The molecule has 0 unspecified atom stereocenters. The molecule has 0 fully saturated rings. The van der Waals surface area contributed by atoms with E-state index in [0.29, 0.717) is 15.8 Å². The fraction of sp³-hybridized carbons (Fsp3) is 0.0667. The van der Waals surface area contributed by atoms with Gasteiger partial charge >= 0.3 is 5.69 Å². The second-order valence-electron chi connectivity index (χ2n) is 4.67. The number of nitrogens with zero attached hydrogens (tertiary/aromatic N) is 2. The molecule has 0 radical (unpaired) electrons. The average molecular weight is 313 g/mol. The van der Waals surface area contributed by atoms with Gasteiger partial charge < -0.3 is 5.32 Å². The van der Waals surface area contributed by atoms with Gasteiger partial charge in [-0.05, 0) is 23.7 Å². The Bertz CT molecular complexity index is 874. The van der Waals surface area contributed by atoms with Crippen LogP contribution < -0.4 is 5.32 Å². The molecule has 0 spiro atoms. The van der Waals surface area contributed by atoms with Crippen LogP contribution in [0.5, 0.6) is 0 Å². The molecule has 6 nitrogen and oxygen atoms in total. The molecular weight excluding hydrogens is 302 g/mol. The average Bonchev–Trinajstić information content (AvgIpc) is 2.90. The van der Waals surface area contributed by atoms with Crippen LogP contribution in [0.2, 0.25) is 0 Å². The van der Waals surface area contributed by atoms with E-state index >= 15 is 0 Å². The van der Waals surface area contributed by atoms with Crippen LogP contribution >= 0.6 is 11.5 Å². The van der Waals surface area contributed by atoms with E-state index < -0.39 is 4.92 Å². The maximum Gasteiger partial charge on any atom is 0.303 e. The van der Waals surface area contributed by atoms with Crippen molar-refractivity contribution < 1.29 is 9.72 Å². The fourth-order valence-electron chi connectivity index (χ4n) is 2.29. The lowest BCUT2D eigenvalue weighted by molar-refractivity contribution is -0.382. The van der Waals surface area contributed by atoms with Crippen LogP contribution in [0, 0.1) is 10.1 Å². The smallest absolute Gasteiger partial charge is 0.303 e. The van der Waals surface area contributed by atoms with Crippen molar-refractivity contribution >= 4 is 38.9 Å². The normalized spacial score (nSPS) is 10.6. The van der Waals surface area contributed by atoms with E-state index in [1.54, 1.807) is 6.07 Å². The van der Waals surface area contributed by atoms with Gasteiger partial charge in [0.15, 0.2) is 0 Å². The number of benzene rings is 2. The molecule has 3 rings (SSSR count). The van der Waals surface area contributed by atoms with Crippen molar-refractivity contribution in [2.45, 2.75) is 6.92 Å². The van der Waals surface area contributed by atoms with Crippen molar-refractivity contribution in [2.75, 3.05) is 5.32 Å². The topological polar surface area (TPSA) is 85.1 Å². The summed E-state index contributed by atoms with van der Waals surface area (Å²) in [6.07, 6.45) is 0. The SMILES string of the molecule is CC(=O)Nc1ccc2snc(-c3ccccc3)c2c1[N+](=O)[O-]. The van der Waals surface area contributed by atoms with Crippen LogP contribution in [0.3, 0.4) is 0 Å². The van der Waals surface area contributed by atoms with Crippen molar-refractivity contribution in [3.8, 4) is 11.3 Å². The molecule has 22 heavy (non-hydrogen) atoms. The van der Waals surface area contributed by atoms with Gasteiger partial charge in [0.25, 0.3) is 0 Å². The minimum Gasteiger partial charge on any atom is -0.321 e. The first-order chi connectivity index (χ1) is 10.6. The van der Waals surface area contributed by atoms with E-state index in [2.05, 4.69) is 9.69 Å². The molecule has 2 aromatic carbocycles. The second-order valence-corrected chi connectivity index (χ2v) is 5.48. The highest BCUT2D eigenvalue weighted by atomic mass is 32.1. The lowest BCUT2D eigenvalue weighted by atomic mass is 10.1. The highest BCUT2D eigenvalue weighted by Gasteiger charge is 2.24. The van der Waals surface area contributed by atoms with Gasteiger partial charge in [0.2, 0.25) is 5.91 Å². The Hall–Kier alpha value is -2.80. The molecule has 0 aliphatic rings. The van der Waals surface area contributed by atoms with Gasteiger partial charge in [0.05, 0.1) is 15.3 Å². The number of nitro benzene ring substituents is 1. The van der Waals surface area contributed by atoms with E-state index in [1.165, 1.54) is 24.5 Å². The monoisotopic (exact) mass is 313 g/mol. The van der Waals surface area contributed by atoms with Crippen molar-refractivity contribution in [2.24, 2.45) is 0 Å². The molecule has 1 N–H and O–H groups in total. The third-order valence-corrected chi connectivity index (χ3v) is 3.96. The lowest BCUT2D eigenvalue weighted by Gasteiger charge is -2.05. The molecule has 0 saturated carbocycles. The molecule has 0 atom stereocenters. The van der Waals surface area contributed by atoms with E-state index in [1.807, 2.05) is 30.3 Å². The number of anilines is 1. The van der Waals surface area contributed by atoms with Crippen molar-refractivity contribution in [3.63, 3.8) is 0 Å². The Morgan fingerprint density at radius 2 is 1.95 bits per heavy atom. The number of amides is 1. The Morgan fingerprint density at radius 1 is 1.23 bits per heavy atom. The quantitative estimate of drug-likeness (QED) is 0.588. The Morgan fingerprint density at radius 3 is 2.59 bits per heavy atom. The number of aromatic nitrogens is 1. The summed E-state index contributed by atoms with van der Waals surface area (Å²) in [5, 5.41) is 14.5. The third-order valence-electron chi connectivity index (χ3n) is 3.15. The maximum absolute atomic E-state index is 11.5. The number of rotatable bonds is 3. The Kier molecular flexibility index (Phi) is 3.56. The number of carbonyl (C=O) groups excluding carboxylic acids is 1. The summed E-state index contributed by atoms with van der Waals surface area (Å²) in [6, 6.07) is 12.5. The predicted molar refractivity (Wildman–Crippen MR) is 86.0 cm³/mol. The Labute approximate surface area is 129 Å². The summed E-state index contributed by atoms with van der Waals surface area (Å²) >= 11 is 1.20. The molecule has 0 bridgehead atoms. The maximum atomic E-state index is 11.5. The van der Waals surface area contributed by atoms with Gasteiger partial charge in [-0.25, -0.2) is 0 Å². The highest BCUT2D eigenvalue weighted by molar-refractivity contribution is 7.13. The van der Waals surface area contributed by atoms with Crippen LogP contribution in [0.25, 0.3) is 21.3 Å². The zero-order chi connectivity index (χ0) is 15.7. The first kappa shape index (κ1) is 14.2. The Balaban J connectivity index is 2.32. The largest absolute Gasteiger partial charge is 0.321 e. The molecule has 3 aromatic rings. The van der Waals surface area contributed by atoms with Gasteiger partial charge in [-0.2, -0.15) is 4.37 Å². The summed E-state index contributed by atoms with van der Waals surface area (Å²) in [7, 11) is 0. The fourth-order valence-corrected chi connectivity index (χ4v) is 3.09. The second kappa shape index (κ2) is 5.53. The summed E-state index contributed by atoms with van der Waals surface area (Å²) < 4.78 is 5.06. The van der Waals surface area contributed by atoms with E-state index in [9.17, 15) is 14.9 Å². The van der Waals surface area contributed by atoms with Crippen molar-refractivity contribution in [3.05, 3.63) is 52.6 Å². The first-order valence-corrected chi connectivity index (χ1v) is 7.25. The van der Waals surface area contributed by atoms with Gasteiger partial charge in [0.1, 0.15) is 11.1 Å². The summed E-state index contributed by atoms with van der Waals surface area (Å²) in [6.45, 7) is 1.32. The number of nitro groups is 1. The summed E-state index contributed by atoms with van der Waals surface area (Å²) in [5.41, 5.74) is 1.42. The zero-order valence-electron chi connectivity index (χ0n) is 11.6. The molecule has 0 saturated heterocycles. The molecule has 110 valence electrons. The van der Waals surface area contributed by atoms with Crippen molar-refractivity contribution in [1.82, 2.24) is 4.37 Å². The van der Waals surface area contributed by atoms with Crippen LogP contribution in [0.1, 0.15) is 6.92 Å². The number of carbonyl (C=O) groups is 1. The standard InChI is InChI=1S/C15H11N3O3S/c1-9(19)16-11-7-8-12-13(15(11)18(20)21)14(17-22-12)10-5-3-2-4-6-10/h2-8H,1H3,(H,16,19). The van der Waals surface area contributed by atoms with E-state index in [-0.39, 0.29) is 17.3 Å². The van der Waals surface area contributed by atoms with Gasteiger partial charge in [0, 0.05) is 12.5 Å². The lowest BCUT2D eigenvalue weighted by Crippen LogP contribution is -2.08. The third kappa shape index (κ3) is 2.42. The number of nitrogens with one attached hydrogen (secondary N) is 1. The highest BCUT2D eigenvalue weighted by Crippen LogP contribution is 2.41. The number of hydrogen-bond donors (Lipinski definition) is 1. The number of fused-ring (bicyclic) bond motifs is 1. The molecule has 7 heteroatoms. The summed E-state index contributed by atoms with van der Waals surface area (Å²) in [5.74, 6) is -0.355. The number of hydrogen-bond acceptors (Lipinski definition) is 5. The van der Waals surface area contributed by atoms with Crippen LogP contribution in [-0.2, 0) is 4.79 Å². The van der Waals surface area contributed by atoms with Crippen LogP contribution in [-0.4, -0.2) is 15.2 Å². The van der Waals surface area contributed by atoms with Crippen molar-refractivity contribution in [1.29, 1.82) is 0 Å². The van der Waals surface area contributed by atoms with E-state index in [0.717, 1.165) is 5.56 Å². The first-order valence-electron chi connectivity index (χ1n) is 6.47. The minimum absolute atomic E-state index is 0.125. The molecule has 1 heterocycles. The molecule has 0 aliphatic heterocycles. The van der Waals surface area contributed by atoms with Crippen LogP contribution in [0.4, 0.5) is 11.4 Å². The molecule has 0 aliphatic carbocycles. The molecular formula is C15H11N3O3S.